The topological polar surface area (TPSA) is 23.8 Å². The molecule has 1 rings (SSSR count). The van der Waals surface area contributed by atoms with Gasteiger partial charge in [-0.15, -0.1) is 0 Å². The molecule has 1 aromatic rings. The summed E-state index contributed by atoms with van der Waals surface area (Å²) in [6.07, 6.45) is 0. The number of halogens is 1. The lowest BCUT2D eigenvalue weighted by atomic mass is 10.2. The Morgan fingerprint density at radius 2 is 2.33 bits per heavy atom. The Morgan fingerprint density at radius 3 is 2.78 bits per heavy atom. The van der Waals surface area contributed by atoms with Crippen molar-refractivity contribution in [3.05, 3.63) is 34.3 Å². The molecule has 0 unspecified atom stereocenters. The Balaban J connectivity index is 3.06. The molecule has 0 aromatic heterocycles. The van der Waals surface area contributed by atoms with Crippen molar-refractivity contribution in [3.63, 3.8) is 0 Å². The number of nitriles is 1. The lowest BCUT2D eigenvalue weighted by molar-refractivity contribution is 1.47. The second-order valence-corrected chi connectivity index (χ2v) is 2.45. The maximum atomic E-state index is 8.33. The summed E-state index contributed by atoms with van der Waals surface area (Å²) in [4.78, 5) is 0. The number of rotatable bonds is 0. The quantitative estimate of drug-likeness (QED) is 0.601. The van der Waals surface area contributed by atoms with Gasteiger partial charge >= 0.3 is 0 Å². The van der Waals surface area contributed by atoms with Gasteiger partial charge < -0.3 is 0 Å². The Labute approximate surface area is 62.1 Å². The molecule has 1 aromatic carbocycles. The maximum absolute atomic E-state index is 8.33. The van der Waals surface area contributed by atoms with E-state index in [2.05, 4.69) is 22.0 Å². The monoisotopic (exact) mass is 180 g/mol. The molecule has 0 aliphatic heterocycles. The van der Waals surface area contributed by atoms with Gasteiger partial charge in [-0.3, -0.25) is 0 Å². The van der Waals surface area contributed by atoms with E-state index >= 15 is 0 Å². The van der Waals surface area contributed by atoms with Crippen molar-refractivity contribution < 1.29 is 0 Å². The summed E-state index contributed by atoms with van der Waals surface area (Å²) in [6, 6.07) is 10.0. The summed E-state index contributed by atoms with van der Waals surface area (Å²) in [5, 5.41) is 8.33. The molecule has 0 saturated heterocycles. The summed E-state index contributed by atoms with van der Waals surface area (Å²) in [7, 11) is 0. The van der Waals surface area contributed by atoms with E-state index in [1.165, 1.54) is 0 Å². The Bertz CT molecular complexity index is 232. The molecule has 43 valence electrons. The molecular weight excluding hydrogens is 178 g/mol. The van der Waals surface area contributed by atoms with Crippen LogP contribution in [0.3, 0.4) is 0 Å². The van der Waals surface area contributed by atoms with E-state index in [0.29, 0.717) is 5.56 Å². The molecule has 1 radical (unpaired) electrons. The standard InChI is InChI=1S/C7H3BrN/c8-7-3-1-6(5-9)2-4-7/h1,3-4H. The molecule has 0 fully saturated rings. The second kappa shape index (κ2) is 2.65. The average Bonchev–Trinajstić information content (AvgIpc) is 1.90. The average molecular weight is 181 g/mol. The SMILES string of the molecule is N#Cc1[c]cc(Br)cc1. The third-order valence-electron chi connectivity index (χ3n) is 0.895. The predicted octanol–water partition coefficient (Wildman–Crippen LogP) is 2.12. The lowest BCUT2D eigenvalue weighted by Crippen LogP contribution is -1.70. The van der Waals surface area contributed by atoms with E-state index in [1.54, 1.807) is 12.1 Å². The van der Waals surface area contributed by atoms with Crippen LogP contribution in [0.4, 0.5) is 0 Å². The van der Waals surface area contributed by atoms with Gasteiger partial charge in [-0.05, 0) is 18.2 Å². The molecule has 2 heteroatoms. The number of nitrogens with zero attached hydrogens (tertiary/aromatic N) is 1. The van der Waals surface area contributed by atoms with Crippen LogP contribution in [0.2, 0.25) is 0 Å². The molecule has 0 atom stereocenters. The van der Waals surface area contributed by atoms with Crippen LogP contribution in [0.1, 0.15) is 5.56 Å². The Morgan fingerprint density at radius 1 is 1.56 bits per heavy atom. The van der Waals surface area contributed by atoms with Crippen LogP contribution in [0, 0.1) is 17.4 Å². The number of hydrogen-bond donors (Lipinski definition) is 0. The summed E-state index contributed by atoms with van der Waals surface area (Å²) in [5.41, 5.74) is 0.568. The van der Waals surface area contributed by atoms with Gasteiger partial charge in [0, 0.05) is 10.5 Å². The van der Waals surface area contributed by atoms with E-state index in [9.17, 15) is 0 Å². The summed E-state index contributed by atoms with van der Waals surface area (Å²) in [6.45, 7) is 0. The van der Waals surface area contributed by atoms with Gasteiger partial charge in [0.1, 0.15) is 0 Å². The van der Waals surface area contributed by atoms with Crippen LogP contribution in [-0.2, 0) is 0 Å². The first-order valence-electron chi connectivity index (χ1n) is 2.40. The molecule has 0 N–H and O–H groups in total. The summed E-state index contributed by atoms with van der Waals surface area (Å²) in [5.74, 6) is 0. The van der Waals surface area contributed by atoms with Crippen LogP contribution in [0.25, 0.3) is 0 Å². The highest BCUT2D eigenvalue weighted by atomic mass is 79.9. The van der Waals surface area contributed by atoms with E-state index in [4.69, 9.17) is 5.26 Å². The van der Waals surface area contributed by atoms with Crippen LogP contribution < -0.4 is 0 Å². The fourth-order valence-corrected chi connectivity index (χ4v) is 0.722. The Kier molecular flexibility index (Phi) is 1.86. The molecule has 9 heavy (non-hydrogen) atoms. The van der Waals surface area contributed by atoms with Crippen molar-refractivity contribution in [1.82, 2.24) is 0 Å². The van der Waals surface area contributed by atoms with Gasteiger partial charge in [-0.1, -0.05) is 15.9 Å². The zero-order chi connectivity index (χ0) is 6.69. The third kappa shape index (κ3) is 1.55. The van der Waals surface area contributed by atoms with E-state index < -0.39 is 0 Å². The highest BCUT2D eigenvalue weighted by Gasteiger charge is 1.87. The van der Waals surface area contributed by atoms with Gasteiger partial charge in [0.15, 0.2) is 0 Å². The van der Waals surface area contributed by atoms with Crippen LogP contribution in [-0.4, -0.2) is 0 Å². The fourth-order valence-electron chi connectivity index (χ4n) is 0.475. The van der Waals surface area contributed by atoms with Gasteiger partial charge in [0.05, 0.1) is 11.6 Å². The molecule has 1 nitrogen and oxygen atoms in total. The minimum atomic E-state index is 0.568. The van der Waals surface area contributed by atoms with E-state index in [1.807, 2.05) is 12.1 Å². The minimum Gasteiger partial charge on any atom is -0.192 e. The van der Waals surface area contributed by atoms with Crippen LogP contribution in [0.15, 0.2) is 22.7 Å². The lowest BCUT2D eigenvalue weighted by Gasteiger charge is -1.85. The van der Waals surface area contributed by atoms with Crippen molar-refractivity contribution in [2.24, 2.45) is 0 Å². The minimum absolute atomic E-state index is 0.568. The van der Waals surface area contributed by atoms with Crippen molar-refractivity contribution in [2.75, 3.05) is 0 Å². The van der Waals surface area contributed by atoms with E-state index in [-0.39, 0.29) is 0 Å². The molecule has 0 aliphatic carbocycles. The zero-order valence-electron chi connectivity index (χ0n) is 4.56. The van der Waals surface area contributed by atoms with Crippen molar-refractivity contribution in [3.8, 4) is 6.07 Å². The molecule has 0 spiro atoms. The third-order valence-corrected chi connectivity index (χ3v) is 1.39. The summed E-state index contributed by atoms with van der Waals surface area (Å²) >= 11 is 3.23. The molecule has 0 saturated carbocycles. The number of hydrogen-bond acceptors (Lipinski definition) is 1. The Hall–Kier alpha value is -0.810. The largest absolute Gasteiger partial charge is 0.192 e. The van der Waals surface area contributed by atoms with E-state index in [0.717, 1.165) is 4.47 Å². The zero-order valence-corrected chi connectivity index (χ0v) is 6.14. The van der Waals surface area contributed by atoms with Gasteiger partial charge in [0.2, 0.25) is 0 Å². The van der Waals surface area contributed by atoms with Crippen LogP contribution in [0.5, 0.6) is 0 Å². The first-order valence-corrected chi connectivity index (χ1v) is 3.19. The molecule has 0 amide bonds. The van der Waals surface area contributed by atoms with Crippen molar-refractivity contribution in [1.29, 1.82) is 5.26 Å². The highest BCUT2D eigenvalue weighted by molar-refractivity contribution is 9.10. The molecule has 0 aliphatic rings. The second-order valence-electron chi connectivity index (χ2n) is 1.53. The smallest absolute Gasteiger partial charge is 0.0998 e. The first kappa shape index (κ1) is 6.31. The van der Waals surface area contributed by atoms with Crippen molar-refractivity contribution in [2.45, 2.75) is 0 Å². The summed E-state index contributed by atoms with van der Waals surface area (Å²) < 4.78 is 0.946. The van der Waals surface area contributed by atoms with Crippen molar-refractivity contribution >= 4 is 15.9 Å². The number of benzene rings is 1. The van der Waals surface area contributed by atoms with Crippen LogP contribution >= 0.6 is 15.9 Å². The van der Waals surface area contributed by atoms with Gasteiger partial charge in [0.25, 0.3) is 0 Å². The first-order chi connectivity index (χ1) is 4.33. The molecule has 0 heterocycles. The fraction of sp³-hybridized carbons (Fsp3) is 0. The normalized spacial score (nSPS) is 8.44. The van der Waals surface area contributed by atoms with Gasteiger partial charge in [-0.25, -0.2) is 0 Å². The van der Waals surface area contributed by atoms with Gasteiger partial charge in [-0.2, -0.15) is 5.26 Å². The molecular formula is C7H3BrN. The highest BCUT2D eigenvalue weighted by Crippen LogP contribution is 2.08. The predicted molar refractivity (Wildman–Crippen MR) is 37.7 cm³/mol. The molecule has 0 bridgehead atoms. The maximum Gasteiger partial charge on any atom is 0.0998 e.